The average molecular weight is 387 g/mol. The number of hydrogen-bond donors (Lipinski definition) is 2. The SMILES string of the molecule is CCC(=NCC[NH+]1CCOCC1)C1C(=O)NC(=O)N(c2ccc(C)cc2)C1=O. The number of hydrogen-bond acceptors (Lipinski definition) is 5. The molecule has 2 fully saturated rings. The zero-order valence-electron chi connectivity index (χ0n) is 16.4. The third-order valence-corrected chi connectivity index (χ3v) is 5.13. The molecule has 0 radical (unpaired) electrons. The van der Waals surface area contributed by atoms with Crippen LogP contribution in [0.1, 0.15) is 18.9 Å². The molecule has 0 bridgehead atoms. The number of nitrogens with zero attached hydrogens (tertiary/aromatic N) is 2. The van der Waals surface area contributed by atoms with E-state index >= 15 is 0 Å². The highest BCUT2D eigenvalue weighted by Gasteiger charge is 2.43. The number of imide groups is 2. The Hall–Kier alpha value is -2.58. The molecule has 0 saturated carbocycles. The quantitative estimate of drug-likeness (QED) is 0.529. The second-order valence-corrected chi connectivity index (χ2v) is 7.08. The molecule has 8 nitrogen and oxygen atoms in total. The summed E-state index contributed by atoms with van der Waals surface area (Å²) in [6.45, 7) is 8.53. The molecule has 4 amide bonds. The van der Waals surface area contributed by atoms with Crippen LogP contribution in [-0.4, -0.2) is 62.9 Å². The summed E-state index contributed by atoms with van der Waals surface area (Å²) in [5, 5.41) is 2.30. The van der Waals surface area contributed by atoms with Crippen molar-refractivity contribution in [2.45, 2.75) is 20.3 Å². The Morgan fingerprint density at radius 2 is 1.89 bits per heavy atom. The van der Waals surface area contributed by atoms with Crippen LogP contribution in [-0.2, 0) is 14.3 Å². The maximum Gasteiger partial charge on any atom is 0.335 e. The van der Waals surface area contributed by atoms with E-state index in [0.717, 1.165) is 43.3 Å². The number of aryl methyl sites for hydroxylation is 1. The molecule has 150 valence electrons. The van der Waals surface area contributed by atoms with Crippen molar-refractivity contribution in [3.8, 4) is 0 Å². The van der Waals surface area contributed by atoms with E-state index in [1.165, 1.54) is 4.90 Å². The van der Waals surface area contributed by atoms with E-state index in [1.807, 2.05) is 26.0 Å². The first kappa shape index (κ1) is 20.2. The molecule has 1 aromatic carbocycles. The minimum absolute atomic E-state index is 0.443. The number of rotatable bonds is 6. The second kappa shape index (κ2) is 9.07. The van der Waals surface area contributed by atoms with Crippen molar-refractivity contribution in [3.63, 3.8) is 0 Å². The second-order valence-electron chi connectivity index (χ2n) is 7.08. The average Bonchev–Trinajstić information content (AvgIpc) is 2.68. The van der Waals surface area contributed by atoms with Crippen molar-refractivity contribution in [2.75, 3.05) is 44.3 Å². The van der Waals surface area contributed by atoms with E-state index in [9.17, 15) is 14.4 Å². The maximum absolute atomic E-state index is 13.0. The molecule has 1 atom stereocenters. The molecule has 1 aromatic rings. The Balaban J connectivity index is 1.76. The van der Waals surface area contributed by atoms with Crippen molar-refractivity contribution < 1.29 is 24.0 Å². The summed E-state index contributed by atoms with van der Waals surface area (Å²) in [5.74, 6) is -2.21. The summed E-state index contributed by atoms with van der Waals surface area (Å²) in [7, 11) is 0. The van der Waals surface area contributed by atoms with E-state index in [1.54, 1.807) is 12.1 Å². The fourth-order valence-corrected chi connectivity index (χ4v) is 3.48. The van der Waals surface area contributed by atoms with Gasteiger partial charge in [0.05, 0.1) is 32.0 Å². The molecule has 2 aliphatic rings. The number of nitrogens with one attached hydrogen (secondary N) is 2. The predicted molar refractivity (Wildman–Crippen MR) is 105 cm³/mol. The summed E-state index contributed by atoms with van der Waals surface area (Å²) < 4.78 is 5.35. The molecular formula is C20H27N4O4+. The van der Waals surface area contributed by atoms with Crippen LogP contribution < -0.4 is 15.1 Å². The Morgan fingerprint density at radius 3 is 2.54 bits per heavy atom. The lowest BCUT2D eigenvalue weighted by molar-refractivity contribution is -0.906. The number of morpholine rings is 1. The Morgan fingerprint density at radius 1 is 1.21 bits per heavy atom. The van der Waals surface area contributed by atoms with Gasteiger partial charge in [-0.05, 0) is 25.5 Å². The summed E-state index contributed by atoms with van der Waals surface area (Å²) in [6.07, 6.45) is 0.470. The van der Waals surface area contributed by atoms with Crippen LogP contribution >= 0.6 is 0 Å². The number of anilines is 1. The topological polar surface area (TPSA) is 92.5 Å². The van der Waals surface area contributed by atoms with Crippen LogP contribution in [0.25, 0.3) is 0 Å². The molecule has 0 spiro atoms. The van der Waals surface area contributed by atoms with E-state index in [4.69, 9.17) is 4.74 Å². The number of carbonyl (C=O) groups is 3. The third-order valence-electron chi connectivity index (χ3n) is 5.13. The molecule has 8 heteroatoms. The Kier molecular flexibility index (Phi) is 6.53. The van der Waals surface area contributed by atoms with Crippen molar-refractivity contribution in [1.29, 1.82) is 0 Å². The number of barbiturate groups is 1. The van der Waals surface area contributed by atoms with Crippen LogP contribution in [0.4, 0.5) is 10.5 Å². The van der Waals surface area contributed by atoms with Crippen LogP contribution in [0, 0.1) is 12.8 Å². The zero-order valence-corrected chi connectivity index (χ0v) is 16.4. The summed E-state index contributed by atoms with van der Waals surface area (Å²) in [5.41, 5.74) is 1.97. The highest BCUT2D eigenvalue weighted by Crippen LogP contribution is 2.22. The predicted octanol–water partition coefficient (Wildman–Crippen LogP) is -0.0399. The lowest BCUT2D eigenvalue weighted by Gasteiger charge is -2.30. The van der Waals surface area contributed by atoms with Crippen LogP contribution in [0.2, 0.25) is 0 Å². The smallest absolute Gasteiger partial charge is 0.335 e. The monoisotopic (exact) mass is 387 g/mol. The Bertz CT molecular complexity index is 769. The van der Waals surface area contributed by atoms with Crippen molar-refractivity contribution in [2.24, 2.45) is 10.9 Å². The zero-order chi connectivity index (χ0) is 20.1. The standard InChI is InChI=1S/C20H26N4O4/c1-3-16(21-8-9-23-10-12-28-13-11-23)17-18(25)22-20(27)24(19(17)26)15-6-4-14(2)5-7-15/h4-7,17H,3,8-13H2,1-2H3,(H,22,25,27)/p+1. The van der Waals surface area contributed by atoms with E-state index < -0.39 is 23.8 Å². The summed E-state index contributed by atoms with van der Waals surface area (Å²) in [6, 6.07) is 6.32. The number of carbonyl (C=O) groups excluding carboxylic acids is 3. The van der Waals surface area contributed by atoms with Gasteiger partial charge in [0.1, 0.15) is 13.1 Å². The van der Waals surface area contributed by atoms with Gasteiger partial charge in [-0.15, -0.1) is 0 Å². The van der Waals surface area contributed by atoms with Gasteiger partial charge >= 0.3 is 6.03 Å². The number of urea groups is 1. The van der Waals surface area contributed by atoms with Gasteiger partial charge in [-0.3, -0.25) is 19.9 Å². The van der Waals surface area contributed by atoms with E-state index in [0.29, 0.717) is 24.4 Å². The largest absolute Gasteiger partial charge is 0.370 e. The van der Waals surface area contributed by atoms with Crippen LogP contribution in [0.15, 0.2) is 29.3 Å². The van der Waals surface area contributed by atoms with Crippen LogP contribution in [0.5, 0.6) is 0 Å². The maximum atomic E-state index is 13.0. The minimum atomic E-state index is -1.07. The molecule has 3 rings (SSSR count). The third kappa shape index (κ3) is 4.45. The highest BCUT2D eigenvalue weighted by molar-refractivity contribution is 6.35. The van der Waals surface area contributed by atoms with Crippen LogP contribution in [0.3, 0.4) is 0 Å². The Labute approximate surface area is 164 Å². The van der Waals surface area contributed by atoms with Crippen molar-refractivity contribution >= 4 is 29.2 Å². The number of benzene rings is 1. The highest BCUT2D eigenvalue weighted by atomic mass is 16.5. The first-order valence-corrected chi connectivity index (χ1v) is 9.71. The fourth-order valence-electron chi connectivity index (χ4n) is 3.48. The van der Waals surface area contributed by atoms with Gasteiger partial charge in [0, 0.05) is 5.71 Å². The van der Waals surface area contributed by atoms with E-state index in [2.05, 4.69) is 10.3 Å². The van der Waals surface area contributed by atoms with Gasteiger partial charge in [-0.1, -0.05) is 24.6 Å². The van der Waals surface area contributed by atoms with Gasteiger partial charge in [-0.25, -0.2) is 9.69 Å². The lowest BCUT2D eigenvalue weighted by Crippen LogP contribution is -3.14. The summed E-state index contributed by atoms with van der Waals surface area (Å²) >= 11 is 0. The van der Waals surface area contributed by atoms with E-state index in [-0.39, 0.29) is 0 Å². The van der Waals surface area contributed by atoms with Crippen molar-refractivity contribution in [1.82, 2.24) is 5.32 Å². The lowest BCUT2D eigenvalue weighted by atomic mass is 9.96. The molecule has 0 aromatic heterocycles. The minimum Gasteiger partial charge on any atom is -0.370 e. The normalized spacial score (nSPS) is 21.8. The van der Waals surface area contributed by atoms with Gasteiger partial charge in [0.2, 0.25) is 5.91 Å². The molecule has 2 N–H and O–H groups in total. The summed E-state index contributed by atoms with van der Waals surface area (Å²) in [4.78, 5) is 44.8. The number of amides is 4. The molecule has 2 aliphatic heterocycles. The first-order chi connectivity index (χ1) is 13.5. The fraction of sp³-hybridized carbons (Fsp3) is 0.500. The first-order valence-electron chi connectivity index (χ1n) is 9.71. The molecule has 1 unspecified atom stereocenters. The molecule has 2 heterocycles. The van der Waals surface area contributed by atoms with Gasteiger partial charge in [-0.2, -0.15) is 0 Å². The van der Waals surface area contributed by atoms with Gasteiger partial charge in [0.25, 0.3) is 5.91 Å². The molecule has 2 saturated heterocycles. The molecular weight excluding hydrogens is 360 g/mol. The van der Waals surface area contributed by atoms with Gasteiger partial charge in [0.15, 0.2) is 5.92 Å². The molecule has 28 heavy (non-hydrogen) atoms. The number of quaternary nitrogens is 1. The van der Waals surface area contributed by atoms with Gasteiger partial charge < -0.3 is 9.64 Å². The number of aliphatic imine (C=N–C) groups is 1. The molecule has 0 aliphatic carbocycles. The van der Waals surface area contributed by atoms with Crippen molar-refractivity contribution in [3.05, 3.63) is 29.8 Å². The number of ether oxygens (including phenoxy) is 1.